The Balaban J connectivity index is 4.42. The molecule has 0 aromatic carbocycles. The average molecular weight is 732 g/mol. The van der Waals surface area contributed by atoms with Crippen LogP contribution in [0.15, 0.2) is 48.6 Å². The first-order valence-electron chi connectivity index (χ1n) is 20.7. The summed E-state index contributed by atoms with van der Waals surface area (Å²) in [5, 5.41) is 11.6. The molecular weight excluding hydrogens is 654 g/mol. The highest BCUT2D eigenvalue weighted by Crippen LogP contribution is 2.14. The number of allylic oxidation sites excluding steroid dienone is 8. The SMILES string of the molecule is CC/C=C/C=C/C=C/C=C/CCCCCCCC(=O)OCC(COCCC(C(=O)[O-])[N+](C)(C)C)OC(=O)CCCCCCCCCCCCCCC. The van der Waals surface area contributed by atoms with E-state index in [0.717, 1.165) is 64.2 Å². The Labute approximate surface area is 318 Å². The van der Waals surface area contributed by atoms with Crippen molar-refractivity contribution in [2.75, 3.05) is 41.0 Å². The maximum absolute atomic E-state index is 12.7. The number of ether oxygens (including phenoxy) is 3. The highest BCUT2D eigenvalue weighted by Gasteiger charge is 2.25. The fraction of sp³-hybridized carbons (Fsp3) is 0.750. The number of unbranched alkanes of at least 4 members (excludes halogenated alkanes) is 17. The number of hydrogen-bond donors (Lipinski definition) is 0. The summed E-state index contributed by atoms with van der Waals surface area (Å²) in [5.41, 5.74) is 0. The van der Waals surface area contributed by atoms with E-state index in [1.807, 2.05) is 30.4 Å². The predicted molar refractivity (Wildman–Crippen MR) is 213 cm³/mol. The van der Waals surface area contributed by atoms with Crippen LogP contribution in [0.25, 0.3) is 0 Å². The second-order valence-corrected chi connectivity index (χ2v) is 14.9. The van der Waals surface area contributed by atoms with Gasteiger partial charge in [0.1, 0.15) is 12.6 Å². The van der Waals surface area contributed by atoms with E-state index in [4.69, 9.17) is 14.2 Å². The van der Waals surface area contributed by atoms with Crippen LogP contribution in [0.3, 0.4) is 0 Å². The lowest BCUT2D eigenvalue weighted by Crippen LogP contribution is -2.55. The van der Waals surface area contributed by atoms with E-state index in [9.17, 15) is 19.5 Å². The molecule has 0 aliphatic carbocycles. The number of nitrogens with zero attached hydrogens (tertiary/aromatic N) is 1. The van der Waals surface area contributed by atoms with Gasteiger partial charge in [0.2, 0.25) is 0 Å². The molecule has 2 unspecified atom stereocenters. The first-order chi connectivity index (χ1) is 25.1. The first-order valence-corrected chi connectivity index (χ1v) is 20.7. The van der Waals surface area contributed by atoms with Gasteiger partial charge >= 0.3 is 11.9 Å². The van der Waals surface area contributed by atoms with Gasteiger partial charge in [0.15, 0.2) is 6.10 Å². The first kappa shape index (κ1) is 49.3. The minimum Gasteiger partial charge on any atom is -0.544 e. The van der Waals surface area contributed by atoms with Gasteiger partial charge in [-0.05, 0) is 32.1 Å². The number of rotatable bonds is 36. The summed E-state index contributed by atoms with van der Waals surface area (Å²) in [5.74, 6) is -1.77. The lowest BCUT2D eigenvalue weighted by molar-refractivity contribution is -0.889. The summed E-state index contributed by atoms with van der Waals surface area (Å²) in [6.45, 7) is 4.49. The van der Waals surface area contributed by atoms with E-state index in [1.54, 1.807) is 21.1 Å². The van der Waals surface area contributed by atoms with Gasteiger partial charge in [0.25, 0.3) is 0 Å². The molecule has 0 aliphatic heterocycles. The van der Waals surface area contributed by atoms with Gasteiger partial charge in [-0.2, -0.15) is 0 Å². The van der Waals surface area contributed by atoms with Crippen LogP contribution in [0.4, 0.5) is 0 Å². The molecule has 8 heteroatoms. The van der Waals surface area contributed by atoms with Crippen LogP contribution >= 0.6 is 0 Å². The number of esters is 2. The van der Waals surface area contributed by atoms with E-state index in [1.165, 1.54) is 64.2 Å². The Kier molecular flexibility index (Phi) is 33.5. The molecule has 8 nitrogen and oxygen atoms in total. The van der Waals surface area contributed by atoms with Crippen molar-refractivity contribution < 1.29 is 38.2 Å². The number of carboxylic acid groups (broad SMARTS) is 1. The van der Waals surface area contributed by atoms with Gasteiger partial charge in [-0.1, -0.05) is 159 Å². The van der Waals surface area contributed by atoms with Crippen LogP contribution in [0, 0.1) is 0 Å². The van der Waals surface area contributed by atoms with Crippen LogP contribution in [0.2, 0.25) is 0 Å². The molecule has 0 spiro atoms. The molecule has 2 atom stereocenters. The molecule has 0 aromatic rings. The fourth-order valence-electron chi connectivity index (χ4n) is 5.85. The minimum atomic E-state index is -1.13. The van der Waals surface area contributed by atoms with Crippen molar-refractivity contribution in [3.05, 3.63) is 48.6 Å². The number of carboxylic acids is 1. The molecule has 0 rings (SSSR count). The normalized spacial score (nSPS) is 13.5. The van der Waals surface area contributed by atoms with Crippen LogP contribution in [-0.4, -0.2) is 75.5 Å². The Bertz CT molecular complexity index is 995. The van der Waals surface area contributed by atoms with Crippen molar-refractivity contribution in [3.63, 3.8) is 0 Å². The summed E-state index contributed by atoms with van der Waals surface area (Å²) < 4.78 is 17.1. The highest BCUT2D eigenvalue weighted by molar-refractivity contribution is 5.70. The quantitative estimate of drug-likeness (QED) is 0.0274. The minimum absolute atomic E-state index is 0.0335. The summed E-state index contributed by atoms with van der Waals surface area (Å²) in [7, 11) is 5.39. The van der Waals surface area contributed by atoms with Crippen LogP contribution in [0.1, 0.15) is 162 Å². The molecule has 0 heterocycles. The number of quaternary nitrogens is 1. The summed E-state index contributed by atoms with van der Waals surface area (Å²) in [6.07, 6.45) is 39.8. The Hall–Kier alpha value is -2.71. The van der Waals surface area contributed by atoms with Crippen molar-refractivity contribution >= 4 is 17.9 Å². The van der Waals surface area contributed by atoms with Crippen LogP contribution in [-0.2, 0) is 28.6 Å². The monoisotopic (exact) mass is 732 g/mol. The topological polar surface area (TPSA) is 102 Å². The van der Waals surface area contributed by atoms with Crippen molar-refractivity contribution in [1.29, 1.82) is 0 Å². The van der Waals surface area contributed by atoms with Crippen molar-refractivity contribution in [2.45, 2.75) is 174 Å². The summed E-state index contributed by atoms with van der Waals surface area (Å²) in [6, 6.07) is -0.728. The lowest BCUT2D eigenvalue weighted by Gasteiger charge is -2.34. The van der Waals surface area contributed by atoms with Crippen molar-refractivity contribution in [2.24, 2.45) is 0 Å². The average Bonchev–Trinajstić information content (AvgIpc) is 3.09. The Morgan fingerprint density at radius 1 is 0.596 bits per heavy atom. The molecule has 52 heavy (non-hydrogen) atoms. The molecular formula is C44H77NO7. The molecule has 0 amide bonds. The van der Waals surface area contributed by atoms with Gasteiger partial charge in [-0.15, -0.1) is 0 Å². The van der Waals surface area contributed by atoms with E-state index in [2.05, 4.69) is 32.1 Å². The van der Waals surface area contributed by atoms with Crippen LogP contribution < -0.4 is 5.11 Å². The molecule has 0 saturated heterocycles. The second kappa shape index (κ2) is 35.3. The molecule has 0 saturated carbocycles. The zero-order valence-corrected chi connectivity index (χ0v) is 34.0. The number of aliphatic carboxylic acids is 1. The van der Waals surface area contributed by atoms with Gasteiger partial charge in [-0.25, -0.2) is 0 Å². The molecule has 0 aromatic heterocycles. The van der Waals surface area contributed by atoms with E-state index >= 15 is 0 Å². The van der Waals surface area contributed by atoms with Gasteiger partial charge in [-0.3, -0.25) is 9.59 Å². The standard InChI is InChI=1S/C44H77NO7/c1-6-8-10-12-14-16-18-20-21-23-24-26-28-30-32-34-42(46)51-39-40(38-50-37-36-41(44(48)49)45(3,4)5)52-43(47)35-33-31-29-27-25-22-19-17-15-13-11-9-7-2/h8,10,12,14,16,18,20-21,40-41H,6-7,9,11,13,15,17,19,22-39H2,1-5H3/b10-8+,14-12+,18-16+,21-20+. The Morgan fingerprint density at radius 3 is 1.60 bits per heavy atom. The molecule has 0 aliphatic rings. The number of carbonyl (C=O) groups excluding carboxylic acids is 3. The van der Waals surface area contributed by atoms with Gasteiger partial charge < -0.3 is 28.6 Å². The van der Waals surface area contributed by atoms with E-state index in [0.29, 0.717) is 12.8 Å². The van der Waals surface area contributed by atoms with E-state index < -0.39 is 18.1 Å². The molecule has 0 fully saturated rings. The molecule has 300 valence electrons. The fourth-order valence-corrected chi connectivity index (χ4v) is 5.85. The third kappa shape index (κ3) is 33.1. The van der Waals surface area contributed by atoms with Crippen LogP contribution in [0.5, 0.6) is 0 Å². The third-order valence-corrected chi connectivity index (χ3v) is 9.07. The summed E-state index contributed by atoms with van der Waals surface area (Å²) >= 11 is 0. The highest BCUT2D eigenvalue weighted by atomic mass is 16.6. The maximum atomic E-state index is 12.7. The second-order valence-electron chi connectivity index (χ2n) is 14.9. The molecule has 0 bridgehead atoms. The number of carbonyl (C=O) groups is 3. The summed E-state index contributed by atoms with van der Waals surface area (Å²) in [4.78, 5) is 36.7. The van der Waals surface area contributed by atoms with Gasteiger partial charge in [0, 0.05) is 19.3 Å². The number of likely N-dealkylation sites (N-methyl/N-ethyl adjacent to an activating group) is 1. The third-order valence-electron chi connectivity index (χ3n) is 9.07. The lowest BCUT2D eigenvalue weighted by atomic mass is 10.0. The van der Waals surface area contributed by atoms with Gasteiger partial charge in [0.05, 0.1) is 40.3 Å². The smallest absolute Gasteiger partial charge is 0.306 e. The molecule has 0 N–H and O–H groups in total. The largest absolute Gasteiger partial charge is 0.544 e. The van der Waals surface area contributed by atoms with E-state index in [-0.39, 0.29) is 42.7 Å². The van der Waals surface area contributed by atoms with Crippen molar-refractivity contribution in [1.82, 2.24) is 0 Å². The zero-order chi connectivity index (χ0) is 38.5. The Morgan fingerprint density at radius 2 is 1.08 bits per heavy atom. The zero-order valence-electron chi connectivity index (χ0n) is 34.0. The number of hydrogen-bond acceptors (Lipinski definition) is 7. The maximum Gasteiger partial charge on any atom is 0.306 e. The van der Waals surface area contributed by atoms with Crippen molar-refractivity contribution in [3.8, 4) is 0 Å². The molecule has 0 radical (unpaired) electrons. The predicted octanol–water partition coefficient (Wildman–Crippen LogP) is 9.52.